The largest absolute Gasteiger partial charge is 0.370 e. The van der Waals surface area contributed by atoms with Gasteiger partial charge in [-0.3, -0.25) is 0 Å². The summed E-state index contributed by atoms with van der Waals surface area (Å²) in [4.78, 5) is 8.07. The molecule has 90 valence electrons. The first-order valence-electron chi connectivity index (χ1n) is 5.46. The number of aromatic nitrogens is 2. The fourth-order valence-corrected chi connectivity index (χ4v) is 1.98. The van der Waals surface area contributed by atoms with Gasteiger partial charge in [-0.2, -0.15) is 11.8 Å². The summed E-state index contributed by atoms with van der Waals surface area (Å²) in [5, 5.41) is 3.59. The number of hydrogen-bond donors (Lipinski definition) is 1. The molecule has 0 saturated carbocycles. The second kappa shape index (κ2) is 7.74. The molecule has 0 radical (unpaired) electrons. The van der Waals surface area contributed by atoms with E-state index in [0.29, 0.717) is 5.28 Å². The number of anilines is 1. The molecule has 0 atom stereocenters. The Hall–Kier alpha value is -0.480. The molecule has 1 aromatic rings. The van der Waals surface area contributed by atoms with E-state index in [-0.39, 0.29) is 0 Å². The molecule has 0 amide bonds. The van der Waals surface area contributed by atoms with Gasteiger partial charge in [0, 0.05) is 18.3 Å². The third kappa shape index (κ3) is 5.03. The maximum atomic E-state index is 5.73. The average Bonchev–Trinajstić information content (AvgIpc) is 2.28. The molecule has 1 aromatic heterocycles. The summed E-state index contributed by atoms with van der Waals surface area (Å²) in [6.07, 6.45) is 7.59. The van der Waals surface area contributed by atoms with Crippen LogP contribution in [0.2, 0.25) is 5.28 Å². The number of hydrogen-bond acceptors (Lipinski definition) is 4. The number of nitrogens with one attached hydrogen (secondary N) is 1. The third-order valence-corrected chi connectivity index (χ3v) is 3.14. The zero-order valence-electron chi connectivity index (χ0n) is 9.79. The van der Waals surface area contributed by atoms with Crippen LogP contribution in [0.15, 0.2) is 6.20 Å². The van der Waals surface area contributed by atoms with Crippen LogP contribution in [0, 0.1) is 6.92 Å². The topological polar surface area (TPSA) is 37.8 Å². The minimum absolute atomic E-state index is 0.301. The van der Waals surface area contributed by atoms with Crippen molar-refractivity contribution in [1.82, 2.24) is 9.97 Å². The van der Waals surface area contributed by atoms with Crippen molar-refractivity contribution in [2.45, 2.75) is 26.2 Å². The molecular weight excluding hydrogens is 242 g/mol. The molecule has 5 heteroatoms. The second-order valence-electron chi connectivity index (χ2n) is 3.65. The lowest BCUT2D eigenvalue weighted by Crippen LogP contribution is -2.05. The Morgan fingerprint density at radius 2 is 2.19 bits per heavy atom. The van der Waals surface area contributed by atoms with Gasteiger partial charge in [0.2, 0.25) is 5.28 Å². The van der Waals surface area contributed by atoms with E-state index in [1.807, 2.05) is 18.7 Å². The van der Waals surface area contributed by atoms with Crippen LogP contribution in [-0.4, -0.2) is 28.5 Å². The summed E-state index contributed by atoms with van der Waals surface area (Å²) in [5.41, 5.74) is 1.04. The Morgan fingerprint density at radius 3 is 2.94 bits per heavy atom. The van der Waals surface area contributed by atoms with Crippen LogP contribution in [-0.2, 0) is 0 Å². The Bertz CT molecular complexity index is 320. The second-order valence-corrected chi connectivity index (χ2v) is 4.97. The third-order valence-electron chi connectivity index (χ3n) is 2.26. The number of nitrogens with zero attached hydrogens (tertiary/aromatic N) is 2. The van der Waals surface area contributed by atoms with Gasteiger partial charge in [0.05, 0.1) is 0 Å². The molecule has 0 aliphatic carbocycles. The van der Waals surface area contributed by atoms with E-state index in [4.69, 9.17) is 11.6 Å². The summed E-state index contributed by atoms with van der Waals surface area (Å²) in [6, 6.07) is 0. The molecule has 0 aromatic carbocycles. The van der Waals surface area contributed by atoms with Crippen molar-refractivity contribution in [2.75, 3.05) is 23.9 Å². The zero-order chi connectivity index (χ0) is 11.8. The average molecular weight is 260 g/mol. The highest BCUT2D eigenvalue weighted by molar-refractivity contribution is 7.98. The Labute approximate surface area is 106 Å². The molecule has 0 saturated heterocycles. The summed E-state index contributed by atoms with van der Waals surface area (Å²) in [6.45, 7) is 2.93. The summed E-state index contributed by atoms with van der Waals surface area (Å²) < 4.78 is 0. The van der Waals surface area contributed by atoms with Crippen LogP contribution in [0.25, 0.3) is 0 Å². The maximum absolute atomic E-state index is 5.73. The van der Waals surface area contributed by atoms with Crippen molar-refractivity contribution in [3.05, 3.63) is 17.0 Å². The minimum Gasteiger partial charge on any atom is -0.370 e. The number of unbranched alkanes of at least 4 members (excludes halogenated alkanes) is 2. The SMILES string of the molecule is CSCCCCCNc1nc(Cl)ncc1C. The highest BCUT2D eigenvalue weighted by Gasteiger charge is 2.00. The van der Waals surface area contributed by atoms with Crippen molar-refractivity contribution in [3.63, 3.8) is 0 Å². The van der Waals surface area contributed by atoms with E-state index >= 15 is 0 Å². The maximum Gasteiger partial charge on any atom is 0.224 e. The number of halogens is 1. The van der Waals surface area contributed by atoms with Gasteiger partial charge in [-0.05, 0) is 43.4 Å². The smallest absolute Gasteiger partial charge is 0.224 e. The standard InChI is InChI=1S/C11H18ClN3S/c1-9-8-14-11(12)15-10(9)13-6-4-3-5-7-16-2/h8H,3-7H2,1-2H3,(H,13,14,15). The normalized spacial score (nSPS) is 10.4. The molecule has 0 bridgehead atoms. The van der Waals surface area contributed by atoms with E-state index in [2.05, 4.69) is 21.5 Å². The monoisotopic (exact) mass is 259 g/mol. The summed E-state index contributed by atoms with van der Waals surface area (Å²) in [5.74, 6) is 2.10. The Kier molecular flexibility index (Phi) is 6.57. The van der Waals surface area contributed by atoms with Gasteiger partial charge in [0.25, 0.3) is 0 Å². The van der Waals surface area contributed by atoms with Gasteiger partial charge in [-0.1, -0.05) is 6.42 Å². The van der Waals surface area contributed by atoms with Gasteiger partial charge < -0.3 is 5.32 Å². The molecule has 0 aliphatic heterocycles. The van der Waals surface area contributed by atoms with Crippen LogP contribution in [0.1, 0.15) is 24.8 Å². The fraction of sp³-hybridized carbons (Fsp3) is 0.636. The highest BCUT2D eigenvalue weighted by atomic mass is 35.5. The van der Waals surface area contributed by atoms with Crippen molar-refractivity contribution in [2.24, 2.45) is 0 Å². The lowest BCUT2D eigenvalue weighted by molar-refractivity contribution is 0.747. The molecular formula is C11H18ClN3S. The predicted octanol–water partition coefficient (Wildman–Crippen LogP) is 3.38. The summed E-state index contributed by atoms with van der Waals surface area (Å²) >= 11 is 7.64. The van der Waals surface area contributed by atoms with Gasteiger partial charge in [-0.25, -0.2) is 9.97 Å². The number of aryl methyl sites for hydroxylation is 1. The van der Waals surface area contributed by atoms with Gasteiger partial charge in [-0.15, -0.1) is 0 Å². The molecule has 3 nitrogen and oxygen atoms in total. The zero-order valence-corrected chi connectivity index (χ0v) is 11.4. The summed E-state index contributed by atoms with van der Waals surface area (Å²) in [7, 11) is 0. The number of rotatable bonds is 7. The molecule has 1 rings (SSSR count). The van der Waals surface area contributed by atoms with Gasteiger partial charge >= 0.3 is 0 Å². The first-order valence-corrected chi connectivity index (χ1v) is 7.23. The highest BCUT2D eigenvalue weighted by Crippen LogP contribution is 2.12. The fourth-order valence-electron chi connectivity index (χ4n) is 1.35. The van der Waals surface area contributed by atoms with Gasteiger partial charge in [0.15, 0.2) is 0 Å². The lowest BCUT2D eigenvalue weighted by Gasteiger charge is -2.07. The van der Waals surface area contributed by atoms with E-state index in [0.717, 1.165) is 17.9 Å². The van der Waals surface area contributed by atoms with Crippen LogP contribution in [0.5, 0.6) is 0 Å². The molecule has 0 unspecified atom stereocenters. The molecule has 16 heavy (non-hydrogen) atoms. The molecule has 0 fully saturated rings. The molecule has 0 spiro atoms. The van der Waals surface area contributed by atoms with Crippen LogP contribution >= 0.6 is 23.4 Å². The van der Waals surface area contributed by atoms with Crippen LogP contribution in [0.4, 0.5) is 5.82 Å². The quantitative estimate of drug-likeness (QED) is 0.602. The van der Waals surface area contributed by atoms with E-state index < -0.39 is 0 Å². The van der Waals surface area contributed by atoms with Crippen molar-refractivity contribution in [1.29, 1.82) is 0 Å². The van der Waals surface area contributed by atoms with Crippen molar-refractivity contribution < 1.29 is 0 Å². The first-order chi connectivity index (χ1) is 7.74. The molecule has 1 heterocycles. The lowest BCUT2D eigenvalue weighted by atomic mass is 10.2. The first kappa shape index (κ1) is 13.6. The molecule has 1 N–H and O–H groups in total. The van der Waals surface area contributed by atoms with Crippen LogP contribution < -0.4 is 5.32 Å². The number of thioether (sulfide) groups is 1. The van der Waals surface area contributed by atoms with E-state index in [9.17, 15) is 0 Å². The predicted molar refractivity (Wildman–Crippen MR) is 72.5 cm³/mol. The van der Waals surface area contributed by atoms with Crippen LogP contribution in [0.3, 0.4) is 0 Å². The Morgan fingerprint density at radius 1 is 1.38 bits per heavy atom. The molecule has 0 aliphatic rings. The minimum atomic E-state index is 0.301. The van der Waals surface area contributed by atoms with E-state index in [1.54, 1.807) is 6.20 Å². The van der Waals surface area contributed by atoms with Gasteiger partial charge in [0.1, 0.15) is 5.82 Å². The van der Waals surface area contributed by atoms with Crippen molar-refractivity contribution >= 4 is 29.2 Å². The van der Waals surface area contributed by atoms with E-state index in [1.165, 1.54) is 25.0 Å². The Balaban J connectivity index is 2.23. The van der Waals surface area contributed by atoms with Crippen molar-refractivity contribution in [3.8, 4) is 0 Å².